The van der Waals surface area contributed by atoms with Crippen molar-refractivity contribution < 1.29 is 19.1 Å². The molecule has 8 heteroatoms. The lowest BCUT2D eigenvalue weighted by atomic mass is 10.1. The van der Waals surface area contributed by atoms with Gasteiger partial charge in [0.15, 0.2) is 0 Å². The van der Waals surface area contributed by atoms with Gasteiger partial charge in [0.1, 0.15) is 12.3 Å². The average Bonchev–Trinajstić information content (AvgIpc) is 2.69. The third-order valence-corrected chi connectivity index (χ3v) is 5.34. The monoisotopic (exact) mass is 388 g/mol. The van der Waals surface area contributed by atoms with E-state index < -0.39 is 6.04 Å². The van der Waals surface area contributed by atoms with Crippen molar-refractivity contribution in [2.75, 3.05) is 44.7 Å². The average molecular weight is 388 g/mol. The van der Waals surface area contributed by atoms with Crippen molar-refractivity contribution in [2.45, 2.75) is 32.4 Å². The van der Waals surface area contributed by atoms with E-state index >= 15 is 0 Å². The van der Waals surface area contributed by atoms with Crippen LogP contribution in [-0.2, 0) is 14.4 Å². The molecule has 0 saturated carbocycles. The fraction of sp³-hybridized carbons (Fsp3) is 0.550. The Bertz CT molecular complexity index is 751. The Morgan fingerprint density at radius 2 is 2.04 bits per heavy atom. The highest BCUT2D eigenvalue weighted by molar-refractivity contribution is 5.98. The summed E-state index contributed by atoms with van der Waals surface area (Å²) in [6, 6.07) is 7.01. The molecule has 2 aliphatic rings. The fourth-order valence-corrected chi connectivity index (χ4v) is 3.79. The van der Waals surface area contributed by atoms with Gasteiger partial charge in [-0.25, -0.2) is 0 Å². The Kier molecular flexibility index (Phi) is 6.18. The zero-order valence-electron chi connectivity index (χ0n) is 16.7. The Labute approximate surface area is 165 Å². The highest BCUT2D eigenvalue weighted by Crippen LogP contribution is 2.23. The number of hydrogen-bond acceptors (Lipinski definition) is 5. The van der Waals surface area contributed by atoms with Crippen LogP contribution in [0.4, 0.5) is 5.69 Å². The van der Waals surface area contributed by atoms with E-state index in [-0.39, 0.29) is 36.7 Å². The lowest BCUT2D eigenvalue weighted by molar-refractivity contribution is -0.142. The second-order valence-corrected chi connectivity index (χ2v) is 7.40. The summed E-state index contributed by atoms with van der Waals surface area (Å²) in [4.78, 5) is 43.0. The van der Waals surface area contributed by atoms with Gasteiger partial charge in [0.25, 0.3) is 0 Å². The molecule has 1 aromatic carbocycles. The highest BCUT2D eigenvalue weighted by Gasteiger charge is 2.36. The number of benzene rings is 1. The molecule has 152 valence electrons. The first-order chi connectivity index (χ1) is 13.4. The van der Waals surface area contributed by atoms with E-state index in [1.807, 2.05) is 43.0 Å². The summed E-state index contributed by atoms with van der Waals surface area (Å²) in [5.74, 6) is 0.267. The van der Waals surface area contributed by atoms with E-state index in [2.05, 4.69) is 5.32 Å². The number of carbonyl (C=O) groups excluding carboxylic acids is 3. The summed E-state index contributed by atoms with van der Waals surface area (Å²) >= 11 is 0. The van der Waals surface area contributed by atoms with E-state index in [4.69, 9.17) is 4.74 Å². The SMILES string of the molecule is COc1cccc(N2CCN(C(=O)C[C@H]3C(=O)NCCN3C(C)C)CC2=O)c1. The van der Waals surface area contributed by atoms with Gasteiger partial charge in [0, 0.05) is 44.0 Å². The predicted molar refractivity (Wildman–Crippen MR) is 105 cm³/mol. The van der Waals surface area contributed by atoms with Gasteiger partial charge in [0.2, 0.25) is 17.7 Å². The first-order valence-electron chi connectivity index (χ1n) is 9.66. The van der Waals surface area contributed by atoms with Crippen LogP contribution >= 0.6 is 0 Å². The number of nitrogens with zero attached hydrogens (tertiary/aromatic N) is 3. The number of nitrogens with one attached hydrogen (secondary N) is 1. The minimum atomic E-state index is -0.479. The zero-order valence-corrected chi connectivity index (χ0v) is 16.7. The van der Waals surface area contributed by atoms with E-state index in [9.17, 15) is 14.4 Å². The topological polar surface area (TPSA) is 82.2 Å². The molecule has 1 aromatic rings. The molecule has 0 bridgehead atoms. The number of piperazine rings is 2. The molecule has 0 radical (unpaired) electrons. The van der Waals surface area contributed by atoms with Crippen molar-refractivity contribution >= 4 is 23.4 Å². The number of hydrogen-bond donors (Lipinski definition) is 1. The number of rotatable bonds is 5. The molecule has 1 atom stereocenters. The summed E-state index contributed by atoms with van der Waals surface area (Å²) < 4.78 is 5.22. The number of carbonyl (C=O) groups is 3. The van der Waals surface area contributed by atoms with Gasteiger partial charge in [-0.15, -0.1) is 0 Å². The van der Waals surface area contributed by atoms with Crippen LogP contribution in [0.1, 0.15) is 20.3 Å². The molecule has 2 saturated heterocycles. The van der Waals surface area contributed by atoms with Crippen molar-refractivity contribution in [1.82, 2.24) is 15.1 Å². The standard InChI is InChI=1S/C20H28N4O4/c1-14(2)23-8-7-21-20(27)17(23)12-18(25)22-9-10-24(19(26)13-22)15-5-4-6-16(11-15)28-3/h4-6,11,14,17H,7-10,12-13H2,1-3H3,(H,21,27)/t17-/m0/s1. The molecule has 2 heterocycles. The number of ether oxygens (including phenoxy) is 1. The maximum absolute atomic E-state index is 12.8. The highest BCUT2D eigenvalue weighted by atomic mass is 16.5. The van der Waals surface area contributed by atoms with E-state index in [0.29, 0.717) is 25.4 Å². The molecular weight excluding hydrogens is 360 g/mol. The molecule has 8 nitrogen and oxygen atoms in total. The zero-order chi connectivity index (χ0) is 20.3. The molecule has 0 spiro atoms. The molecular formula is C20H28N4O4. The molecule has 1 N–H and O–H groups in total. The fourth-order valence-electron chi connectivity index (χ4n) is 3.79. The maximum atomic E-state index is 12.8. The van der Waals surface area contributed by atoms with E-state index in [0.717, 1.165) is 12.2 Å². The minimum absolute atomic E-state index is 0.0199. The first kappa shape index (κ1) is 20.1. The second-order valence-electron chi connectivity index (χ2n) is 7.40. The van der Waals surface area contributed by atoms with Gasteiger partial charge in [-0.2, -0.15) is 0 Å². The van der Waals surface area contributed by atoms with Crippen molar-refractivity contribution in [1.29, 1.82) is 0 Å². The lowest BCUT2D eigenvalue weighted by Gasteiger charge is -2.39. The minimum Gasteiger partial charge on any atom is -0.497 e. The summed E-state index contributed by atoms with van der Waals surface area (Å²) in [5.41, 5.74) is 0.758. The second kappa shape index (κ2) is 8.60. The van der Waals surface area contributed by atoms with Gasteiger partial charge < -0.3 is 19.9 Å². The summed E-state index contributed by atoms with van der Waals surface area (Å²) in [7, 11) is 1.58. The third kappa shape index (κ3) is 4.27. The van der Waals surface area contributed by atoms with Gasteiger partial charge >= 0.3 is 0 Å². The van der Waals surface area contributed by atoms with E-state index in [1.165, 1.54) is 0 Å². The van der Waals surface area contributed by atoms with Crippen molar-refractivity contribution in [3.05, 3.63) is 24.3 Å². The van der Waals surface area contributed by atoms with Crippen LogP contribution in [0.25, 0.3) is 0 Å². The summed E-state index contributed by atoms with van der Waals surface area (Å²) in [6.45, 7) is 6.24. The van der Waals surface area contributed by atoms with Crippen molar-refractivity contribution in [2.24, 2.45) is 0 Å². The van der Waals surface area contributed by atoms with Crippen LogP contribution in [0.3, 0.4) is 0 Å². The maximum Gasteiger partial charge on any atom is 0.246 e. The van der Waals surface area contributed by atoms with Crippen molar-refractivity contribution in [3.63, 3.8) is 0 Å². The normalized spacial score (nSPS) is 21.1. The van der Waals surface area contributed by atoms with Gasteiger partial charge in [-0.05, 0) is 26.0 Å². The third-order valence-electron chi connectivity index (χ3n) is 5.34. The molecule has 2 fully saturated rings. The smallest absolute Gasteiger partial charge is 0.246 e. The van der Waals surface area contributed by atoms with Crippen LogP contribution in [0.2, 0.25) is 0 Å². The van der Waals surface area contributed by atoms with Crippen LogP contribution in [0.5, 0.6) is 5.75 Å². The van der Waals surface area contributed by atoms with Crippen LogP contribution in [-0.4, -0.2) is 79.4 Å². The quantitative estimate of drug-likeness (QED) is 0.793. The largest absolute Gasteiger partial charge is 0.497 e. The van der Waals surface area contributed by atoms with Crippen LogP contribution in [0.15, 0.2) is 24.3 Å². The summed E-state index contributed by atoms with van der Waals surface area (Å²) in [6.07, 6.45) is 0.0937. The Morgan fingerprint density at radius 3 is 2.71 bits per heavy atom. The summed E-state index contributed by atoms with van der Waals surface area (Å²) in [5, 5.41) is 2.84. The van der Waals surface area contributed by atoms with Crippen molar-refractivity contribution in [3.8, 4) is 5.75 Å². The number of amides is 3. The Morgan fingerprint density at radius 1 is 1.25 bits per heavy atom. The molecule has 0 unspecified atom stereocenters. The molecule has 0 aliphatic carbocycles. The van der Waals surface area contributed by atoms with Gasteiger partial charge in [-0.3, -0.25) is 19.3 Å². The first-order valence-corrected chi connectivity index (χ1v) is 9.66. The number of methoxy groups -OCH3 is 1. The molecule has 3 rings (SSSR count). The van der Waals surface area contributed by atoms with Crippen LogP contribution < -0.4 is 15.0 Å². The Hall–Kier alpha value is -2.61. The molecule has 2 aliphatic heterocycles. The molecule has 28 heavy (non-hydrogen) atoms. The lowest BCUT2D eigenvalue weighted by Crippen LogP contribution is -2.59. The van der Waals surface area contributed by atoms with Gasteiger partial charge in [0.05, 0.1) is 19.6 Å². The van der Waals surface area contributed by atoms with Gasteiger partial charge in [-0.1, -0.05) is 6.07 Å². The van der Waals surface area contributed by atoms with Crippen LogP contribution in [0, 0.1) is 0 Å². The number of anilines is 1. The Balaban J connectivity index is 1.63. The van der Waals surface area contributed by atoms with E-state index in [1.54, 1.807) is 16.9 Å². The predicted octanol–water partition coefficient (Wildman–Crippen LogP) is 0.469. The molecule has 3 amide bonds. The molecule has 0 aromatic heterocycles.